The van der Waals surface area contributed by atoms with Gasteiger partial charge in [0.2, 0.25) is 6.79 Å². The number of carbonyl (C=O) groups is 1. The quantitative estimate of drug-likeness (QED) is 0.871. The molecule has 0 saturated carbocycles. The highest BCUT2D eigenvalue weighted by Crippen LogP contribution is 2.50. The van der Waals surface area contributed by atoms with Crippen molar-refractivity contribution >= 4 is 21.9 Å². The second kappa shape index (κ2) is 4.16. The summed E-state index contributed by atoms with van der Waals surface area (Å²) in [6.45, 7) is 0.0121. The number of phenolic OH excluding ortho intramolecular Hbond substituents is 1. The maximum atomic E-state index is 10.8. The lowest BCUT2D eigenvalue weighted by Gasteiger charge is -2.06. The highest BCUT2D eigenvalue weighted by atomic mass is 79.9. The number of carboxylic acid groups (broad SMARTS) is 1. The predicted octanol–water partition coefficient (Wildman–Crippen LogP) is 2.24. The molecule has 0 spiro atoms. The molecule has 0 saturated heterocycles. The van der Waals surface area contributed by atoms with Gasteiger partial charge in [0.1, 0.15) is 11.3 Å². The van der Waals surface area contributed by atoms with Crippen LogP contribution in [0.15, 0.2) is 21.1 Å². The molecule has 1 aromatic carbocycles. The molecule has 0 aliphatic carbocycles. The van der Waals surface area contributed by atoms with Gasteiger partial charge in [0, 0.05) is 12.1 Å². The van der Waals surface area contributed by atoms with Crippen molar-refractivity contribution in [3.63, 3.8) is 0 Å². The molecular formula is C11H6BrNO6. The van der Waals surface area contributed by atoms with Crippen molar-refractivity contribution < 1.29 is 29.0 Å². The summed E-state index contributed by atoms with van der Waals surface area (Å²) in [6.07, 6.45) is 0. The average Bonchev–Trinajstić information content (AvgIpc) is 2.99. The van der Waals surface area contributed by atoms with Crippen LogP contribution < -0.4 is 9.47 Å². The zero-order valence-corrected chi connectivity index (χ0v) is 10.8. The Balaban J connectivity index is 2.21. The second-order valence-electron chi connectivity index (χ2n) is 3.70. The van der Waals surface area contributed by atoms with Crippen molar-refractivity contribution in [2.24, 2.45) is 0 Å². The topological polar surface area (TPSA) is 102 Å². The lowest BCUT2D eigenvalue weighted by atomic mass is 10.1. The molecule has 2 N–H and O–H groups in total. The number of benzene rings is 1. The van der Waals surface area contributed by atoms with Crippen molar-refractivity contribution in [1.82, 2.24) is 5.16 Å². The van der Waals surface area contributed by atoms with Gasteiger partial charge in [0.05, 0.1) is 4.47 Å². The normalized spacial score (nSPS) is 12.7. The lowest BCUT2D eigenvalue weighted by Crippen LogP contribution is -1.94. The first-order valence-corrected chi connectivity index (χ1v) is 5.88. The van der Waals surface area contributed by atoms with E-state index in [0.717, 1.165) is 0 Å². The summed E-state index contributed by atoms with van der Waals surface area (Å²) >= 11 is 3.17. The van der Waals surface area contributed by atoms with Gasteiger partial charge in [0.25, 0.3) is 0 Å². The molecule has 0 atom stereocenters. The Bertz CT molecular complexity index is 680. The van der Waals surface area contributed by atoms with E-state index in [0.29, 0.717) is 10.2 Å². The van der Waals surface area contributed by atoms with Gasteiger partial charge in [-0.25, -0.2) is 4.79 Å². The van der Waals surface area contributed by atoms with E-state index in [2.05, 4.69) is 21.1 Å². The van der Waals surface area contributed by atoms with Crippen LogP contribution in [0.3, 0.4) is 0 Å². The first-order chi connectivity index (χ1) is 9.08. The Labute approximate surface area is 114 Å². The molecule has 2 aromatic rings. The van der Waals surface area contributed by atoms with E-state index in [1.54, 1.807) is 6.07 Å². The van der Waals surface area contributed by atoms with E-state index in [-0.39, 0.29) is 35.3 Å². The van der Waals surface area contributed by atoms with Gasteiger partial charge >= 0.3 is 5.97 Å². The van der Waals surface area contributed by atoms with E-state index in [9.17, 15) is 9.90 Å². The first kappa shape index (κ1) is 11.8. The minimum absolute atomic E-state index is 0.0121. The lowest BCUT2D eigenvalue weighted by molar-refractivity contribution is 0.0686. The molecule has 7 nitrogen and oxygen atoms in total. The minimum atomic E-state index is -1.22. The number of halogens is 1. The maximum absolute atomic E-state index is 10.8. The Kier molecular flexibility index (Phi) is 2.59. The largest absolute Gasteiger partial charge is 0.506 e. The number of aromatic carboxylic acids is 1. The van der Waals surface area contributed by atoms with Gasteiger partial charge in [-0.2, -0.15) is 0 Å². The fraction of sp³-hybridized carbons (Fsp3) is 0.0909. The molecule has 98 valence electrons. The Morgan fingerprint density at radius 1 is 1.37 bits per heavy atom. The standard InChI is InChI=1S/C11H6BrNO6/c12-4-1-7-10(18-3-17-7)8(9(4)14)6-2-5(11(15)16)13-19-6/h1-2,14H,3H2,(H,15,16). The van der Waals surface area contributed by atoms with Crippen LogP contribution in [0, 0.1) is 0 Å². The number of nitrogens with zero attached hydrogens (tertiary/aromatic N) is 1. The number of ether oxygens (including phenoxy) is 2. The van der Waals surface area contributed by atoms with Crippen LogP contribution in [0.2, 0.25) is 0 Å². The van der Waals surface area contributed by atoms with E-state index < -0.39 is 5.97 Å². The summed E-state index contributed by atoms with van der Waals surface area (Å²) in [4.78, 5) is 10.8. The van der Waals surface area contributed by atoms with Crippen molar-refractivity contribution in [2.75, 3.05) is 6.79 Å². The number of fused-ring (bicyclic) bond motifs is 1. The summed E-state index contributed by atoms with van der Waals surface area (Å²) in [5.74, 6) is -0.574. The fourth-order valence-corrected chi connectivity index (χ4v) is 2.13. The van der Waals surface area contributed by atoms with Crippen molar-refractivity contribution in [3.05, 3.63) is 22.3 Å². The fourth-order valence-electron chi connectivity index (χ4n) is 1.72. The molecule has 8 heteroatoms. The summed E-state index contributed by atoms with van der Waals surface area (Å²) in [6, 6.07) is 2.75. The third kappa shape index (κ3) is 1.80. The molecule has 2 heterocycles. The van der Waals surface area contributed by atoms with Crippen LogP contribution in [0.25, 0.3) is 11.3 Å². The number of rotatable bonds is 2. The van der Waals surface area contributed by atoms with Gasteiger partial charge in [-0.05, 0) is 15.9 Å². The van der Waals surface area contributed by atoms with E-state index in [1.165, 1.54) is 6.07 Å². The first-order valence-electron chi connectivity index (χ1n) is 5.09. The van der Waals surface area contributed by atoms with Gasteiger partial charge in [0.15, 0.2) is 23.0 Å². The number of phenols is 1. The smallest absolute Gasteiger partial charge is 0.358 e. The van der Waals surface area contributed by atoms with Crippen LogP contribution in [0.1, 0.15) is 10.5 Å². The van der Waals surface area contributed by atoms with Crippen LogP contribution >= 0.6 is 15.9 Å². The second-order valence-corrected chi connectivity index (χ2v) is 4.55. The summed E-state index contributed by atoms with van der Waals surface area (Å²) in [5, 5.41) is 22.2. The van der Waals surface area contributed by atoms with Gasteiger partial charge < -0.3 is 24.2 Å². The van der Waals surface area contributed by atoms with Crippen LogP contribution in [0.5, 0.6) is 17.2 Å². The molecule has 19 heavy (non-hydrogen) atoms. The summed E-state index contributed by atoms with van der Waals surface area (Å²) < 4.78 is 15.8. The SMILES string of the molecule is O=C(O)c1cc(-c2c(O)c(Br)cc3c2OCO3)on1. The molecule has 3 rings (SSSR count). The molecule has 0 radical (unpaired) electrons. The third-order valence-corrected chi connectivity index (χ3v) is 3.17. The summed E-state index contributed by atoms with van der Waals surface area (Å²) in [5.41, 5.74) is -0.0658. The molecule has 1 aliphatic rings. The van der Waals surface area contributed by atoms with Gasteiger partial charge in [-0.15, -0.1) is 0 Å². The Morgan fingerprint density at radius 3 is 2.84 bits per heavy atom. The van der Waals surface area contributed by atoms with Crippen molar-refractivity contribution in [3.8, 4) is 28.6 Å². The molecule has 0 amide bonds. The zero-order valence-electron chi connectivity index (χ0n) is 9.21. The summed E-state index contributed by atoms with van der Waals surface area (Å²) in [7, 11) is 0. The molecule has 0 unspecified atom stereocenters. The highest BCUT2D eigenvalue weighted by molar-refractivity contribution is 9.10. The maximum Gasteiger partial charge on any atom is 0.358 e. The monoisotopic (exact) mass is 327 g/mol. The number of carboxylic acids is 1. The Hall–Kier alpha value is -2.22. The average molecular weight is 328 g/mol. The molecule has 1 aromatic heterocycles. The van der Waals surface area contributed by atoms with E-state index in [4.69, 9.17) is 19.1 Å². The predicted molar refractivity (Wildman–Crippen MR) is 64.4 cm³/mol. The van der Waals surface area contributed by atoms with Crippen molar-refractivity contribution in [1.29, 1.82) is 0 Å². The number of hydrogen-bond acceptors (Lipinski definition) is 6. The van der Waals surface area contributed by atoms with E-state index >= 15 is 0 Å². The molecule has 0 fully saturated rings. The van der Waals surface area contributed by atoms with Gasteiger partial charge in [-0.3, -0.25) is 0 Å². The number of aromatic hydroxyl groups is 1. The van der Waals surface area contributed by atoms with Crippen LogP contribution in [-0.4, -0.2) is 28.1 Å². The molecular weight excluding hydrogens is 322 g/mol. The zero-order chi connectivity index (χ0) is 13.6. The third-order valence-electron chi connectivity index (χ3n) is 2.57. The minimum Gasteiger partial charge on any atom is -0.506 e. The van der Waals surface area contributed by atoms with Crippen LogP contribution in [0.4, 0.5) is 0 Å². The van der Waals surface area contributed by atoms with Crippen LogP contribution in [-0.2, 0) is 0 Å². The highest BCUT2D eigenvalue weighted by Gasteiger charge is 2.27. The van der Waals surface area contributed by atoms with E-state index in [1.807, 2.05) is 0 Å². The Morgan fingerprint density at radius 2 is 2.16 bits per heavy atom. The van der Waals surface area contributed by atoms with Crippen molar-refractivity contribution in [2.45, 2.75) is 0 Å². The van der Waals surface area contributed by atoms with Gasteiger partial charge in [-0.1, -0.05) is 5.16 Å². The molecule has 1 aliphatic heterocycles. The molecule has 0 bridgehead atoms. The number of hydrogen-bond donors (Lipinski definition) is 2. The number of aromatic nitrogens is 1.